The number of hydrogen-bond donors (Lipinski definition) is 1. The summed E-state index contributed by atoms with van der Waals surface area (Å²) in [6, 6.07) is 4.10. The van der Waals surface area contributed by atoms with E-state index in [9.17, 15) is 0 Å². The topological polar surface area (TPSA) is 24.4 Å². The normalized spacial score (nSPS) is 15.8. The number of nitrogens with one attached hydrogen (secondary N) is 1. The van der Waals surface area contributed by atoms with Crippen LogP contribution < -0.4 is 5.32 Å². The van der Waals surface area contributed by atoms with Gasteiger partial charge in [0.05, 0.1) is 11.4 Å². The van der Waals surface area contributed by atoms with Crippen LogP contribution >= 0.6 is 11.3 Å². The molecule has 0 unspecified atom stereocenters. The van der Waals surface area contributed by atoms with Crippen LogP contribution in [0.5, 0.6) is 0 Å². The highest BCUT2D eigenvalue weighted by atomic mass is 32.1. The fourth-order valence-electron chi connectivity index (χ4n) is 0.943. The lowest BCUT2D eigenvalue weighted by atomic mass is 10.4. The summed E-state index contributed by atoms with van der Waals surface area (Å²) >= 11 is 1.70. The highest BCUT2D eigenvalue weighted by Crippen LogP contribution is 2.09. The van der Waals surface area contributed by atoms with Crippen LogP contribution in [0, 0.1) is 0 Å². The molecule has 0 aliphatic carbocycles. The second-order valence-electron chi connectivity index (χ2n) is 2.21. The summed E-state index contributed by atoms with van der Waals surface area (Å²) in [5, 5.41) is 5.15. The van der Waals surface area contributed by atoms with Gasteiger partial charge in [0.2, 0.25) is 0 Å². The quantitative estimate of drug-likeness (QED) is 0.670. The highest BCUT2D eigenvalue weighted by Gasteiger charge is 2.02. The van der Waals surface area contributed by atoms with Crippen LogP contribution in [0.4, 0.5) is 0 Å². The zero-order valence-corrected chi connectivity index (χ0v) is 6.77. The van der Waals surface area contributed by atoms with Crippen molar-refractivity contribution in [2.45, 2.75) is 0 Å². The van der Waals surface area contributed by atoms with E-state index >= 15 is 0 Å². The minimum atomic E-state index is 0.792. The molecule has 0 radical (unpaired) electrons. The van der Waals surface area contributed by atoms with E-state index in [2.05, 4.69) is 21.8 Å². The summed E-state index contributed by atoms with van der Waals surface area (Å²) in [4.78, 5) is 5.50. The number of hydrogen-bond acceptors (Lipinski definition) is 3. The first-order chi connectivity index (χ1) is 5.47. The average Bonchev–Trinajstić information content (AvgIpc) is 2.58. The minimum Gasteiger partial charge on any atom is -0.346 e. The average molecular weight is 164 g/mol. The van der Waals surface area contributed by atoms with Crippen molar-refractivity contribution in [3.05, 3.63) is 34.7 Å². The predicted octanol–water partition coefficient (Wildman–Crippen LogP) is 1.61. The van der Waals surface area contributed by atoms with E-state index < -0.39 is 0 Å². The molecule has 56 valence electrons. The van der Waals surface area contributed by atoms with Gasteiger partial charge in [-0.3, -0.25) is 4.99 Å². The molecule has 0 saturated carbocycles. The van der Waals surface area contributed by atoms with Gasteiger partial charge in [0, 0.05) is 6.20 Å². The Kier molecular flexibility index (Phi) is 1.73. The summed E-state index contributed by atoms with van der Waals surface area (Å²) in [6.07, 6.45) is 3.93. The Morgan fingerprint density at radius 1 is 1.55 bits per heavy atom. The predicted molar refractivity (Wildman–Crippen MR) is 48.0 cm³/mol. The van der Waals surface area contributed by atoms with E-state index in [0.29, 0.717) is 0 Å². The van der Waals surface area contributed by atoms with Crippen molar-refractivity contribution >= 4 is 17.2 Å². The van der Waals surface area contributed by atoms with Crippen LogP contribution in [0.2, 0.25) is 0 Å². The molecule has 0 saturated heterocycles. The van der Waals surface area contributed by atoms with E-state index in [4.69, 9.17) is 0 Å². The van der Waals surface area contributed by atoms with Crippen LogP contribution in [0.3, 0.4) is 0 Å². The van der Waals surface area contributed by atoms with Crippen LogP contribution in [-0.4, -0.2) is 12.4 Å². The Bertz CT molecular complexity index is 285. The lowest BCUT2D eigenvalue weighted by molar-refractivity contribution is 1.11. The molecule has 0 spiro atoms. The molecule has 2 heterocycles. The van der Waals surface area contributed by atoms with Crippen molar-refractivity contribution in [1.82, 2.24) is 5.32 Å². The fourth-order valence-corrected chi connectivity index (χ4v) is 1.64. The van der Waals surface area contributed by atoms with E-state index in [1.807, 2.05) is 18.3 Å². The van der Waals surface area contributed by atoms with Gasteiger partial charge in [-0.05, 0) is 17.5 Å². The third-order valence-corrected chi connectivity index (χ3v) is 2.32. The SMILES string of the molecule is C1=CNC(c2cccs2)=NC1. The van der Waals surface area contributed by atoms with Crippen molar-refractivity contribution in [1.29, 1.82) is 0 Å². The van der Waals surface area contributed by atoms with Gasteiger partial charge < -0.3 is 5.32 Å². The second kappa shape index (κ2) is 2.88. The summed E-state index contributed by atoms with van der Waals surface area (Å²) in [5.41, 5.74) is 0. The van der Waals surface area contributed by atoms with Gasteiger partial charge >= 0.3 is 0 Å². The van der Waals surface area contributed by atoms with Gasteiger partial charge in [-0.2, -0.15) is 0 Å². The third-order valence-electron chi connectivity index (χ3n) is 1.45. The molecule has 0 atom stereocenters. The van der Waals surface area contributed by atoms with Crippen LogP contribution in [0.1, 0.15) is 4.88 Å². The van der Waals surface area contributed by atoms with Crippen molar-refractivity contribution in [2.75, 3.05) is 6.54 Å². The molecule has 0 fully saturated rings. The summed E-state index contributed by atoms with van der Waals surface area (Å²) < 4.78 is 0. The van der Waals surface area contributed by atoms with E-state index in [1.54, 1.807) is 11.3 Å². The fraction of sp³-hybridized carbons (Fsp3) is 0.125. The highest BCUT2D eigenvalue weighted by molar-refractivity contribution is 7.12. The maximum absolute atomic E-state index is 4.30. The van der Waals surface area contributed by atoms with E-state index in [0.717, 1.165) is 12.4 Å². The third kappa shape index (κ3) is 1.33. The first-order valence-corrected chi connectivity index (χ1v) is 4.34. The van der Waals surface area contributed by atoms with Gasteiger partial charge in [0.15, 0.2) is 0 Å². The Hall–Kier alpha value is -1.09. The van der Waals surface area contributed by atoms with Crippen molar-refractivity contribution < 1.29 is 0 Å². The van der Waals surface area contributed by atoms with Crippen molar-refractivity contribution in [2.24, 2.45) is 4.99 Å². The van der Waals surface area contributed by atoms with Crippen LogP contribution in [-0.2, 0) is 0 Å². The van der Waals surface area contributed by atoms with Crippen LogP contribution in [0.25, 0.3) is 0 Å². The van der Waals surface area contributed by atoms with E-state index in [-0.39, 0.29) is 0 Å². The molecule has 0 amide bonds. The first-order valence-electron chi connectivity index (χ1n) is 3.47. The number of nitrogens with zero attached hydrogens (tertiary/aromatic N) is 1. The molecule has 1 aliphatic heterocycles. The Morgan fingerprint density at radius 2 is 2.55 bits per heavy atom. The molecule has 0 aromatic carbocycles. The number of thiophene rings is 1. The van der Waals surface area contributed by atoms with Gasteiger partial charge in [0.25, 0.3) is 0 Å². The Labute approximate surface area is 69.3 Å². The first kappa shape index (κ1) is 6.61. The van der Waals surface area contributed by atoms with Crippen molar-refractivity contribution in [3.63, 3.8) is 0 Å². The molecular formula is C8H8N2S. The van der Waals surface area contributed by atoms with Crippen LogP contribution in [0.15, 0.2) is 34.8 Å². The lowest BCUT2D eigenvalue weighted by Gasteiger charge is -2.06. The zero-order valence-electron chi connectivity index (χ0n) is 5.95. The molecule has 1 N–H and O–H groups in total. The zero-order chi connectivity index (χ0) is 7.52. The summed E-state index contributed by atoms with van der Waals surface area (Å²) in [7, 11) is 0. The largest absolute Gasteiger partial charge is 0.346 e. The molecule has 2 nitrogen and oxygen atoms in total. The van der Waals surface area contributed by atoms with Gasteiger partial charge in [-0.1, -0.05) is 6.07 Å². The summed E-state index contributed by atoms with van der Waals surface area (Å²) in [6.45, 7) is 0.792. The molecule has 11 heavy (non-hydrogen) atoms. The molecular weight excluding hydrogens is 156 g/mol. The minimum absolute atomic E-state index is 0.792. The summed E-state index contributed by atoms with van der Waals surface area (Å²) in [5.74, 6) is 0.988. The van der Waals surface area contributed by atoms with Gasteiger partial charge in [-0.25, -0.2) is 0 Å². The number of aliphatic imine (C=N–C) groups is 1. The standard InChI is InChI=1S/C8H8N2S/c1-3-7(11-6-1)8-9-4-2-5-10-8/h1-4,6H,5H2,(H,9,10). The van der Waals surface area contributed by atoms with Gasteiger partial charge in [-0.15, -0.1) is 11.3 Å². The number of rotatable bonds is 1. The molecule has 3 heteroatoms. The van der Waals surface area contributed by atoms with E-state index in [1.165, 1.54) is 4.88 Å². The monoisotopic (exact) mass is 164 g/mol. The Balaban J connectivity index is 2.24. The second-order valence-corrected chi connectivity index (χ2v) is 3.16. The number of amidine groups is 1. The van der Waals surface area contributed by atoms with Crippen molar-refractivity contribution in [3.8, 4) is 0 Å². The van der Waals surface area contributed by atoms with Gasteiger partial charge in [0.1, 0.15) is 5.84 Å². The molecule has 1 aromatic heterocycles. The maximum Gasteiger partial charge on any atom is 0.142 e. The molecule has 1 aromatic rings. The lowest BCUT2D eigenvalue weighted by Crippen LogP contribution is -2.20. The smallest absolute Gasteiger partial charge is 0.142 e. The maximum atomic E-state index is 4.30. The molecule has 2 rings (SSSR count). The molecule has 1 aliphatic rings. The Morgan fingerprint density at radius 3 is 3.18 bits per heavy atom. The molecule has 0 bridgehead atoms.